The molecule has 1 aromatic carbocycles. The van der Waals surface area contributed by atoms with Gasteiger partial charge in [-0.15, -0.1) is 10.2 Å². The van der Waals surface area contributed by atoms with Crippen molar-refractivity contribution in [1.82, 2.24) is 14.5 Å². The van der Waals surface area contributed by atoms with Crippen LogP contribution in [-0.4, -0.2) is 62.2 Å². The smallest absolute Gasteiger partial charge is 0.243 e. The Morgan fingerprint density at radius 2 is 1.18 bits per heavy atom. The van der Waals surface area contributed by atoms with Crippen molar-refractivity contribution in [3.05, 3.63) is 42.5 Å². The van der Waals surface area contributed by atoms with E-state index in [-0.39, 0.29) is 0 Å². The monoisotopic (exact) mass is 401 g/mol. The first-order valence-electron chi connectivity index (χ1n) is 10.0. The highest BCUT2D eigenvalue weighted by Gasteiger charge is 2.28. The van der Waals surface area contributed by atoms with Gasteiger partial charge in [-0.25, -0.2) is 8.42 Å². The molecule has 0 bridgehead atoms. The molecular formula is C20H27N5O2S. The maximum atomic E-state index is 12.8. The SMILES string of the molecule is O=S(=O)(c1ccccc1)N1CCN(c2ccc(N3CCCCCC3)nn2)CC1. The van der Waals surface area contributed by atoms with Gasteiger partial charge in [-0.1, -0.05) is 31.0 Å². The van der Waals surface area contributed by atoms with Gasteiger partial charge in [0.1, 0.15) is 0 Å². The van der Waals surface area contributed by atoms with Crippen LogP contribution in [-0.2, 0) is 10.0 Å². The topological polar surface area (TPSA) is 69.6 Å². The molecule has 7 nitrogen and oxygen atoms in total. The predicted molar refractivity (Wildman–Crippen MR) is 110 cm³/mol. The lowest BCUT2D eigenvalue weighted by atomic mass is 10.2. The Bertz CT molecular complexity index is 857. The molecule has 0 amide bonds. The van der Waals surface area contributed by atoms with Gasteiger partial charge in [-0.05, 0) is 37.1 Å². The standard InChI is InChI=1S/C20H27N5O2S/c26-28(27,18-8-4-3-5-9-18)25-16-14-24(15-17-25)20-11-10-19(21-22-20)23-12-6-1-2-7-13-23/h3-5,8-11H,1-2,6-7,12-17H2. The lowest BCUT2D eigenvalue weighted by Crippen LogP contribution is -2.49. The minimum atomic E-state index is -3.43. The van der Waals surface area contributed by atoms with Gasteiger partial charge in [0, 0.05) is 39.3 Å². The van der Waals surface area contributed by atoms with Gasteiger partial charge in [0.05, 0.1) is 4.90 Å². The van der Waals surface area contributed by atoms with Crippen LogP contribution in [0.3, 0.4) is 0 Å². The third-order valence-corrected chi connectivity index (χ3v) is 7.42. The molecule has 2 aliphatic rings. The second-order valence-corrected chi connectivity index (χ2v) is 9.29. The lowest BCUT2D eigenvalue weighted by Gasteiger charge is -2.34. The number of hydrogen-bond acceptors (Lipinski definition) is 6. The van der Waals surface area contributed by atoms with Gasteiger partial charge in [0.15, 0.2) is 11.6 Å². The summed E-state index contributed by atoms with van der Waals surface area (Å²) in [7, 11) is -3.43. The molecule has 28 heavy (non-hydrogen) atoms. The van der Waals surface area contributed by atoms with E-state index in [0.717, 1.165) is 24.7 Å². The van der Waals surface area contributed by atoms with Gasteiger partial charge >= 0.3 is 0 Å². The fourth-order valence-electron chi connectivity index (χ4n) is 3.85. The Balaban J connectivity index is 1.38. The van der Waals surface area contributed by atoms with Crippen molar-refractivity contribution in [2.24, 2.45) is 0 Å². The van der Waals surface area contributed by atoms with Crippen molar-refractivity contribution in [3.8, 4) is 0 Å². The van der Waals surface area contributed by atoms with Crippen LogP contribution in [0, 0.1) is 0 Å². The number of sulfonamides is 1. The molecule has 0 spiro atoms. The fraction of sp³-hybridized carbons (Fsp3) is 0.500. The van der Waals surface area contributed by atoms with Gasteiger partial charge < -0.3 is 9.80 Å². The van der Waals surface area contributed by atoms with E-state index in [1.165, 1.54) is 25.7 Å². The van der Waals surface area contributed by atoms with Crippen LogP contribution in [0.1, 0.15) is 25.7 Å². The van der Waals surface area contributed by atoms with E-state index in [2.05, 4.69) is 20.0 Å². The summed E-state index contributed by atoms with van der Waals surface area (Å²) in [6.45, 7) is 4.22. The van der Waals surface area contributed by atoms with E-state index in [0.29, 0.717) is 31.1 Å². The molecule has 0 radical (unpaired) electrons. The number of aromatic nitrogens is 2. The Morgan fingerprint density at radius 1 is 0.643 bits per heavy atom. The summed E-state index contributed by atoms with van der Waals surface area (Å²) in [5.41, 5.74) is 0. The number of rotatable bonds is 4. The molecule has 3 heterocycles. The molecule has 0 atom stereocenters. The van der Waals surface area contributed by atoms with E-state index >= 15 is 0 Å². The van der Waals surface area contributed by atoms with Crippen LogP contribution in [0.15, 0.2) is 47.4 Å². The molecule has 1 aromatic heterocycles. The molecule has 2 fully saturated rings. The predicted octanol–water partition coefficient (Wildman–Crippen LogP) is 2.37. The van der Waals surface area contributed by atoms with Crippen LogP contribution in [0.5, 0.6) is 0 Å². The molecule has 150 valence electrons. The molecule has 0 N–H and O–H groups in total. The van der Waals surface area contributed by atoms with Crippen molar-refractivity contribution in [3.63, 3.8) is 0 Å². The third-order valence-electron chi connectivity index (χ3n) is 5.51. The molecule has 2 aliphatic heterocycles. The normalized spacial score (nSPS) is 19.4. The fourth-order valence-corrected chi connectivity index (χ4v) is 5.30. The third kappa shape index (κ3) is 4.12. The second-order valence-electron chi connectivity index (χ2n) is 7.36. The van der Waals surface area contributed by atoms with E-state index in [4.69, 9.17) is 0 Å². The zero-order chi connectivity index (χ0) is 19.4. The Labute approximate surface area is 167 Å². The average Bonchev–Trinajstić information content (AvgIpc) is 3.04. The van der Waals surface area contributed by atoms with E-state index in [1.54, 1.807) is 28.6 Å². The summed E-state index contributed by atoms with van der Waals surface area (Å²) in [4.78, 5) is 4.77. The first-order valence-corrected chi connectivity index (χ1v) is 11.5. The molecule has 0 aliphatic carbocycles. The van der Waals surface area contributed by atoms with Crippen molar-refractivity contribution in [2.75, 3.05) is 49.1 Å². The van der Waals surface area contributed by atoms with Crippen molar-refractivity contribution >= 4 is 21.7 Å². The van der Waals surface area contributed by atoms with Gasteiger partial charge in [0.25, 0.3) is 0 Å². The molecule has 0 unspecified atom stereocenters. The highest BCUT2D eigenvalue weighted by Crippen LogP contribution is 2.22. The molecule has 2 aromatic rings. The first-order chi connectivity index (χ1) is 13.6. The Kier molecular flexibility index (Phi) is 5.77. The second kappa shape index (κ2) is 8.45. The highest BCUT2D eigenvalue weighted by molar-refractivity contribution is 7.89. The molecule has 2 saturated heterocycles. The summed E-state index contributed by atoms with van der Waals surface area (Å²) in [5.74, 6) is 1.76. The van der Waals surface area contributed by atoms with Crippen LogP contribution >= 0.6 is 0 Å². The molecule has 0 saturated carbocycles. The number of piperazine rings is 1. The van der Waals surface area contributed by atoms with Gasteiger partial charge in [-0.3, -0.25) is 0 Å². The van der Waals surface area contributed by atoms with Gasteiger partial charge in [0.2, 0.25) is 10.0 Å². The minimum absolute atomic E-state index is 0.352. The summed E-state index contributed by atoms with van der Waals surface area (Å²) in [6, 6.07) is 12.7. The minimum Gasteiger partial charge on any atom is -0.355 e. The number of nitrogens with zero attached hydrogens (tertiary/aromatic N) is 5. The zero-order valence-corrected chi connectivity index (χ0v) is 16.9. The van der Waals surface area contributed by atoms with E-state index < -0.39 is 10.0 Å². The number of benzene rings is 1. The van der Waals surface area contributed by atoms with Crippen LogP contribution in [0.4, 0.5) is 11.6 Å². The van der Waals surface area contributed by atoms with Crippen LogP contribution in [0.25, 0.3) is 0 Å². The quantitative estimate of drug-likeness (QED) is 0.783. The summed E-state index contributed by atoms with van der Waals surface area (Å²) >= 11 is 0. The number of anilines is 2. The zero-order valence-electron chi connectivity index (χ0n) is 16.1. The molecular weight excluding hydrogens is 374 g/mol. The first kappa shape index (κ1) is 19.1. The van der Waals surface area contributed by atoms with E-state index in [1.807, 2.05) is 18.2 Å². The lowest BCUT2D eigenvalue weighted by molar-refractivity contribution is 0.383. The largest absolute Gasteiger partial charge is 0.355 e. The number of hydrogen-bond donors (Lipinski definition) is 0. The summed E-state index contributed by atoms with van der Waals surface area (Å²) < 4.78 is 27.1. The van der Waals surface area contributed by atoms with Crippen LogP contribution in [0.2, 0.25) is 0 Å². The van der Waals surface area contributed by atoms with Crippen LogP contribution < -0.4 is 9.80 Å². The Morgan fingerprint density at radius 3 is 1.71 bits per heavy atom. The Hall–Kier alpha value is -2.19. The average molecular weight is 402 g/mol. The van der Waals surface area contributed by atoms with Crippen molar-refractivity contribution < 1.29 is 8.42 Å². The van der Waals surface area contributed by atoms with E-state index in [9.17, 15) is 8.42 Å². The maximum absolute atomic E-state index is 12.8. The van der Waals surface area contributed by atoms with Crippen molar-refractivity contribution in [1.29, 1.82) is 0 Å². The van der Waals surface area contributed by atoms with Crippen molar-refractivity contribution in [2.45, 2.75) is 30.6 Å². The maximum Gasteiger partial charge on any atom is 0.243 e. The summed E-state index contributed by atoms with van der Waals surface area (Å²) in [6.07, 6.45) is 5.00. The van der Waals surface area contributed by atoms with Gasteiger partial charge in [-0.2, -0.15) is 4.31 Å². The molecule has 4 rings (SSSR count). The molecule has 8 heteroatoms. The highest BCUT2D eigenvalue weighted by atomic mass is 32.2. The summed E-state index contributed by atoms with van der Waals surface area (Å²) in [5, 5.41) is 8.86.